The highest BCUT2D eigenvalue weighted by Crippen LogP contribution is 2.07. The van der Waals surface area contributed by atoms with Gasteiger partial charge in [-0.05, 0) is 23.3 Å². The molecule has 0 unspecified atom stereocenters. The molecule has 29 heavy (non-hydrogen) atoms. The van der Waals surface area contributed by atoms with Crippen LogP contribution in [-0.2, 0) is 19.6 Å². The van der Waals surface area contributed by atoms with Crippen LogP contribution >= 0.6 is 24.0 Å². The van der Waals surface area contributed by atoms with E-state index < -0.39 is 0 Å². The summed E-state index contributed by atoms with van der Waals surface area (Å²) in [7, 11) is 1.68. The Hall–Kier alpha value is -2.68. The summed E-state index contributed by atoms with van der Waals surface area (Å²) in [5, 5.41) is 6.32. The number of hydrogen-bond acceptors (Lipinski definition) is 2. The molecule has 0 aliphatic heterocycles. The van der Waals surface area contributed by atoms with E-state index in [1.54, 1.807) is 48.1 Å². The van der Waals surface area contributed by atoms with Crippen LogP contribution in [0.5, 0.6) is 0 Å². The van der Waals surface area contributed by atoms with E-state index in [0.717, 1.165) is 11.1 Å². The highest BCUT2D eigenvalue weighted by atomic mass is 127. The second kappa shape index (κ2) is 11.4. The Kier molecular flexibility index (Phi) is 8.85. The van der Waals surface area contributed by atoms with Gasteiger partial charge in [-0.2, -0.15) is 0 Å². The normalized spacial score (nSPS) is 10.9. The van der Waals surface area contributed by atoms with Crippen molar-refractivity contribution in [3.8, 4) is 0 Å². The third kappa shape index (κ3) is 6.70. The molecule has 0 saturated carbocycles. The van der Waals surface area contributed by atoms with Crippen LogP contribution in [0, 0.1) is 5.82 Å². The first-order chi connectivity index (χ1) is 13.7. The summed E-state index contributed by atoms with van der Waals surface area (Å²) in [6, 6.07) is 19.8. The van der Waals surface area contributed by atoms with E-state index in [2.05, 4.69) is 15.6 Å². The molecule has 0 saturated heterocycles. The molecule has 0 atom stereocenters. The summed E-state index contributed by atoms with van der Waals surface area (Å²) in [6.45, 7) is 1.48. The van der Waals surface area contributed by atoms with Gasteiger partial charge in [-0.25, -0.2) is 4.39 Å². The lowest BCUT2D eigenvalue weighted by Crippen LogP contribution is -2.36. The van der Waals surface area contributed by atoms with Gasteiger partial charge in [0.2, 0.25) is 0 Å². The van der Waals surface area contributed by atoms with E-state index in [9.17, 15) is 9.18 Å². The van der Waals surface area contributed by atoms with Gasteiger partial charge >= 0.3 is 0 Å². The predicted octanol–water partition coefficient (Wildman–Crippen LogP) is 3.52. The lowest BCUT2D eigenvalue weighted by molar-refractivity contribution is 0.604. The van der Waals surface area contributed by atoms with Gasteiger partial charge in [0.1, 0.15) is 5.82 Å². The first-order valence-electron chi connectivity index (χ1n) is 9.07. The van der Waals surface area contributed by atoms with Gasteiger partial charge in [-0.1, -0.05) is 48.5 Å². The van der Waals surface area contributed by atoms with Crippen molar-refractivity contribution in [1.82, 2.24) is 15.2 Å². The molecule has 1 aromatic heterocycles. The highest BCUT2D eigenvalue weighted by Gasteiger charge is 2.03. The number of halogens is 2. The van der Waals surface area contributed by atoms with Crippen molar-refractivity contribution in [2.75, 3.05) is 7.05 Å². The minimum atomic E-state index is -0.237. The van der Waals surface area contributed by atoms with Crippen LogP contribution < -0.4 is 16.2 Å². The Morgan fingerprint density at radius 2 is 1.59 bits per heavy atom. The van der Waals surface area contributed by atoms with E-state index >= 15 is 0 Å². The maximum atomic E-state index is 13.7. The minimum Gasteiger partial charge on any atom is -0.352 e. The molecular formula is C22H24FIN4O. The second-order valence-corrected chi connectivity index (χ2v) is 6.35. The van der Waals surface area contributed by atoms with Crippen LogP contribution in [0.3, 0.4) is 0 Å². The summed E-state index contributed by atoms with van der Waals surface area (Å²) >= 11 is 0. The molecule has 7 heteroatoms. The van der Waals surface area contributed by atoms with Crippen molar-refractivity contribution in [2.45, 2.75) is 19.6 Å². The van der Waals surface area contributed by atoms with Crippen LogP contribution in [0.15, 0.2) is 82.7 Å². The molecule has 2 aromatic carbocycles. The fourth-order valence-corrected chi connectivity index (χ4v) is 2.78. The monoisotopic (exact) mass is 506 g/mol. The Balaban J connectivity index is 0.00000300. The maximum absolute atomic E-state index is 13.7. The van der Waals surface area contributed by atoms with E-state index in [-0.39, 0.29) is 35.4 Å². The van der Waals surface area contributed by atoms with E-state index in [1.807, 2.05) is 30.3 Å². The minimum absolute atomic E-state index is 0. The zero-order chi connectivity index (χ0) is 19.8. The highest BCUT2D eigenvalue weighted by molar-refractivity contribution is 14.0. The van der Waals surface area contributed by atoms with Gasteiger partial charge in [0, 0.05) is 38.0 Å². The maximum Gasteiger partial charge on any atom is 0.250 e. The molecule has 152 valence electrons. The van der Waals surface area contributed by atoms with Gasteiger partial charge in [-0.3, -0.25) is 9.79 Å². The molecule has 0 spiro atoms. The van der Waals surface area contributed by atoms with Crippen LogP contribution in [0.1, 0.15) is 16.7 Å². The lowest BCUT2D eigenvalue weighted by Gasteiger charge is -2.13. The second-order valence-electron chi connectivity index (χ2n) is 6.35. The molecule has 0 aliphatic carbocycles. The Bertz CT molecular complexity index is 1000. The smallest absolute Gasteiger partial charge is 0.250 e. The molecule has 0 radical (unpaired) electrons. The van der Waals surface area contributed by atoms with Crippen molar-refractivity contribution in [3.63, 3.8) is 0 Å². The molecule has 3 aromatic rings. The quantitative estimate of drug-likeness (QED) is 0.306. The van der Waals surface area contributed by atoms with Gasteiger partial charge in [0.15, 0.2) is 5.96 Å². The fraction of sp³-hybridized carbons (Fsp3) is 0.182. The summed E-state index contributed by atoms with van der Waals surface area (Å²) in [5.74, 6) is 0.363. The van der Waals surface area contributed by atoms with Crippen LogP contribution in [-0.4, -0.2) is 17.6 Å². The predicted molar refractivity (Wildman–Crippen MR) is 125 cm³/mol. The first-order valence-corrected chi connectivity index (χ1v) is 9.07. The van der Waals surface area contributed by atoms with Crippen molar-refractivity contribution in [2.24, 2.45) is 4.99 Å². The molecule has 3 rings (SSSR count). The molecule has 1 heterocycles. The molecular weight excluding hydrogens is 482 g/mol. The van der Waals surface area contributed by atoms with Crippen LogP contribution in [0.25, 0.3) is 0 Å². The van der Waals surface area contributed by atoms with Gasteiger partial charge < -0.3 is 15.2 Å². The summed E-state index contributed by atoms with van der Waals surface area (Å²) in [5.41, 5.74) is 2.71. The zero-order valence-corrected chi connectivity index (χ0v) is 18.5. The molecule has 5 nitrogen and oxygen atoms in total. The number of nitrogens with zero attached hydrogens (tertiary/aromatic N) is 2. The zero-order valence-electron chi connectivity index (χ0n) is 16.1. The molecule has 0 fully saturated rings. The Morgan fingerprint density at radius 3 is 2.28 bits per heavy atom. The standard InChI is InChI=1S/C22H23FN4O.HI/c1-24-22(26-15-19-6-2-3-7-20(19)23)25-14-17-9-11-18(12-10-17)16-27-13-5-4-8-21(27)28;/h2-13H,14-16H2,1H3,(H2,24,25,26);1H. The average molecular weight is 506 g/mol. The largest absolute Gasteiger partial charge is 0.352 e. The number of nitrogens with one attached hydrogen (secondary N) is 2. The van der Waals surface area contributed by atoms with Crippen molar-refractivity contribution in [3.05, 3.63) is 106 Å². The number of aliphatic imine (C=N–C) groups is 1. The van der Waals surface area contributed by atoms with Crippen molar-refractivity contribution < 1.29 is 4.39 Å². The summed E-state index contributed by atoms with van der Waals surface area (Å²) < 4.78 is 15.4. The number of aromatic nitrogens is 1. The Morgan fingerprint density at radius 1 is 0.931 bits per heavy atom. The number of guanidine groups is 1. The van der Waals surface area contributed by atoms with Crippen molar-refractivity contribution in [1.29, 1.82) is 0 Å². The van der Waals surface area contributed by atoms with Gasteiger partial charge in [-0.15, -0.1) is 24.0 Å². The fourth-order valence-electron chi connectivity index (χ4n) is 2.78. The SMILES string of the molecule is CN=C(NCc1ccc(Cn2ccccc2=O)cc1)NCc1ccccc1F.I. The van der Waals surface area contributed by atoms with Crippen molar-refractivity contribution >= 4 is 29.9 Å². The number of pyridine rings is 1. The molecule has 0 bridgehead atoms. The molecule has 2 N–H and O–H groups in total. The van der Waals surface area contributed by atoms with Gasteiger partial charge in [0.05, 0.1) is 6.54 Å². The summed E-state index contributed by atoms with van der Waals surface area (Å²) in [4.78, 5) is 16.0. The third-order valence-corrected chi connectivity index (χ3v) is 4.36. The number of hydrogen-bond donors (Lipinski definition) is 2. The van der Waals surface area contributed by atoms with Crippen LogP contribution in [0.2, 0.25) is 0 Å². The summed E-state index contributed by atoms with van der Waals surface area (Å²) in [6.07, 6.45) is 1.78. The first kappa shape index (κ1) is 22.6. The number of rotatable bonds is 6. The van der Waals surface area contributed by atoms with Crippen LogP contribution in [0.4, 0.5) is 4.39 Å². The lowest BCUT2D eigenvalue weighted by atomic mass is 10.1. The van der Waals surface area contributed by atoms with E-state index in [0.29, 0.717) is 31.2 Å². The third-order valence-electron chi connectivity index (χ3n) is 4.36. The topological polar surface area (TPSA) is 58.4 Å². The van der Waals surface area contributed by atoms with E-state index in [4.69, 9.17) is 0 Å². The Labute approximate surface area is 186 Å². The molecule has 0 amide bonds. The van der Waals surface area contributed by atoms with E-state index in [1.165, 1.54) is 6.07 Å². The average Bonchev–Trinajstić information content (AvgIpc) is 2.72. The molecule has 0 aliphatic rings. The number of benzene rings is 2. The van der Waals surface area contributed by atoms with Gasteiger partial charge in [0.25, 0.3) is 5.56 Å².